The molecule has 0 unspecified atom stereocenters. The normalized spacial score (nSPS) is 14.1. The van der Waals surface area contributed by atoms with E-state index in [4.69, 9.17) is 4.42 Å². The summed E-state index contributed by atoms with van der Waals surface area (Å²) in [6.45, 7) is 9.65. The van der Waals surface area contributed by atoms with Gasteiger partial charge in [-0.15, -0.1) is 0 Å². The molecule has 1 nitrogen and oxygen atoms in total. The number of furan rings is 1. The molecule has 70 heavy (non-hydrogen) atoms. The third-order valence-corrected chi connectivity index (χ3v) is 16.2. The van der Waals surface area contributed by atoms with E-state index >= 15 is 0 Å². The molecule has 0 bridgehead atoms. The lowest BCUT2D eigenvalue weighted by Gasteiger charge is -2.26. The summed E-state index contributed by atoms with van der Waals surface area (Å²) in [6, 6.07) is 84.2. The summed E-state index contributed by atoms with van der Waals surface area (Å²) in [7, 11) is 0. The maximum atomic E-state index is 6.21. The second kappa shape index (κ2) is 15.1. The Bertz CT molecular complexity index is 3930. The molecule has 2 aliphatic carbocycles. The van der Waals surface area contributed by atoms with Crippen LogP contribution in [-0.2, 0) is 10.8 Å². The van der Waals surface area contributed by atoms with Gasteiger partial charge in [-0.2, -0.15) is 0 Å². The van der Waals surface area contributed by atoms with E-state index in [9.17, 15) is 0 Å². The van der Waals surface area contributed by atoms with Crippen LogP contribution in [-0.4, -0.2) is 0 Å². The van der Waals surface area contributed by atoms with E-state index in [1.54, 1.807) is 0 Å². The molecule has 0 saturated carbocycles. The van der Waals surface area contributed by atoms with Gasteiger partial charge in [0.15, 0.2) is 0 Å². The van der Waals surface area contributed by atoms with Gasteiger partial charge in [0.2, 0.25) is 0 Å². The highest BCUT2D eigenvalue weighted by Gasteiger charge is 2.39. The second-order valence-corrected chi connectivity index (χ2v) is 20.9. The number of fused-ring (bicyclic) bond motifs is 11. The number of benzene rings is 11. The lowest BCUT2D eigenvalue weighted by molar-refractivity contribution is 0.657. The van der Waals surface area contributed by atoms with Gasteiger partial charge in [0.25, 0.3) is 0 Å². The first-order chi connectivity index (χ1) is 34.2. The third-order valence-electron chi connectivity index (χ3n) is 16.2. The number of hydrogen-bond acceptors (Lipinski definition) is 1. The van der Waals surface area contributed by atoms with Crippen LogP contribution in [0.1, 0.15) is 72.6 Å². The summed E-state index contributed by atoms with van der Waals surface area (Å²) in [5, 5.41) is 7.36. The Balaban J connectivity index is 0.871. The average molecular weight is 895 g/mol. The van der Waals surface area contributed by atoms with Crippen molar-refractivity contribution in [1.29, 1.82) is 0 Å². The van der Waals surface area contributed by atoms with E-state index in [0.29, 0.717) is 0 Å². The zero-order valence-corrected chi connectivity index (χ0v) is 39.8. The molecule has 0 saturated heterocycles. The summed E-state index contributed by atoms with van der Waals surface area (Å²) in [5.41, 5.74) is 23.6. The van der Waals surface area contributed by atoms with Gasteiger partial charge >= 0.3 is 0 Å². The number of para-hydroxylation sites is 1. The van der Waals surface area contributed by atoms with Crippen molar-refractivity contribution in [2.24, 2.45) is 0 Å². The van der Waals surface area contributed by atoms with Crippen LogP contribution in [0.25, 0.3) is 99.1 Å². The summed E-state index contributed by atoms with van der Waals surface area (Å²) >= 11 is 0. The van der Waals surface area contributed by atoms with E-state index in [-0.39, 0.29) is 16.7 Å². The van der Waals surface area contributed by atoms with Gasteiger partial charge in [-0.25, -0.2) is 0 Å². The van der Waals surface area contributed by atoms with Crippen molar-refractivity contribution in [3.05, 3.63) is 263 Å². The van der Waals surface area contributed by atoms with Crippen LogP contribution in [0.5, 0.6) is 0 Å². The lowest BCUT2D eigenvalue weighted by Crippen LogP contribution is -2.17. The van der Waals surface area contributed by atoms with Crippen LogP contribution in [0.2, 0.25) is 0 Å². The second-order valence-electron chi connectivity index (χ2n) is 20.9. The minimum atomic E-state index is -0.192. The zero-order chi connectivity index (χ0) is 46.9. The molecule has 332 valence electrons. The van der Waals surface area contributed by atoms with Gasteiger partial charge in [0.1, 0.15) is 11.2 Å². The predicted molar refractivity (Wildman–Crippen MR) is 294 cm³/mol. The van der Waals surface area contributed by atoms with Gasteiger partial charge in [0, 0.05) is 27.5 Å². The molecule has 14 rings (SSSR count). The molecule has 0 atom stereocenters. The van der Waals surface area contributed by atoms with Crippen LogP contribution >= 0.6 is 0 Å². The molecular formula is C69H50O. The van der Waals surface area contributed by atoms with Crippen LogP contribution in [0, 0.1) is 0 Å². The maximum Gasteiger partial charge on any atom is 0.135 e. The number of hydrogen-bond donors (Lipinski definition) is 0. The summed E-state index contributed by atoms with van der Waals surface area (Å²) in [5.74, 6) is 0.00490. The van der Waals surface area contributed by atoms with Gasteiger partial charge in [-0.05, 0) is 159 Å². The molecule has 1 heteroatoms. The van der Waals surface area contributed by atoms with Crippen molar-refractivity contribution in [2.45, 2.75) is 44.4 Å². The predicted octanol–water partition coefficient (Wildman–Crippen LogP) is 18.7. The Hall–Kier alpha value is -8.26. The van der Waals surface area contributed by atoms with Crippen molar-refractivity contribution in [3.63, 3.8) is 0 Å². The minimum Gasteiger partial charge on any atom is -0.456 e. The van der Waals surface area contributed by atoms with Gasteiger partial charge in [-0.1, -0.05) is 210 Å². The Labute approximate surface area is 409 Å². The van der Waals surface area contributed by atoms with Crippen LogP contribution in [0.4, 0.5) is 0 Å². The topological polar surface area (TPSA) is 13.1 Å². The zero-order valence-electron chi connectivity index (χ0n) is 39.8. The fourth-order valence-corrected chi connectivity index (χ4v) is 12.3. The highest BCUT2D eigenvalue weighted by atomic mass is 16.3. The summed E-state index contributed by atoms with van der Waals surface area (Å²) < 4.78 is 6.21. The first-order valence-corrected chi connectivity index (χ1v) is 24.7. The maximum absolute atomic E-state index is 6.21. The van der Waals surface area contributed by atoms with E-state index in [1.807, 2.05) is 12.1 Å². The molecule has 11 aromatic carbocycles. The molecular weight excluding hydrogens is 845 g/mol. The average Bonchev–Trinajstić information content (AvgIpc) is 3.97. The molecule has 0 amide bonds. The fourth-order valence-electron chi connectivity index (χ4n) is 12.3. The highest BCUT2D eigenvalue weighted by molar-refractivity contribution is 6.06. The summed E-state index contributed by atoms with van der Waals surface area (Å²) in [4.78, 5) is 0. The van der Waals surface area contributed by atoms with Crippen molar-refractivity contribution < 1.29 is 4.42 Å². The smallest absolute Gasteiger partial charge is 0.135 e. The molecule has 0 N–H and O–H groups in total. The lowest BCUT2D eigenvalue weighted by atomic mass is 9.77. The quantitative estimate of drug-likeness (QED) is 0.152. The highest BCUT2D eigenvalue weighted by Crippen LogP contribution is 2.53. The van der Waals surface area contributed by atoms with Gasteiger partial charge < -0.3 is 4.42 Å². The van der Waals surface area contributed by atoms with Crippen molar-refractivity contribution >= 4 is 43.5 Å². The van der Waals surface area contributed by atoms with Gasteiger partial charge in [0.05, 0.1) is 0 Å². The Kier molecular flexibility index (Phi) is 8.81. The Morgan fingerprint density at radius 3 is 1.23 bits per heavy atom. The molecule has 0 aliphatic heterocycles. The van der Waals surface area contributed by atoms with E-state index in [0.717, 1.165) is 21.9 Å². The van der Waals surface area contributed by atoms with Crippen LogP contribution in [0.3, 0.4) is 0 Å². The fraction of sp³-hybridized carbons (Fsp3) is 0.101. The first kappa shape index (κ1) is 40.8. The first-order valence-electron chi connectivity index (χ1n) is 24.7. The SMILES string of the molecule is CC1(C)c2cc(-c3ccc4ccccc4c3)ccc2-c2ccc(C(c3ccc(-c4ccc5oc6ccccc6c5c4)cc3)c3ccc4c(c3)C(C)(C)c3cc(-c5ccc6ccccc6c5)ccc3-4)cc21. The summed E-state index contributed by atoms with van der Waals surface area (Å²) in [6.07, 6.45) is 0. The van der Waals surface area contributed by atoms with Crippen LogP contribution < -0.4 is 0 Å². The Morgan fingerprint density at radius 1 is 0.286 bits per heavy atom. The molecule has 0 radical (unpaired) electrons. The van der Waals surface area contributed by atoms with E-state index in [1.165, 1.54) is 116 Å². The molecule has 2 aliphatic rings. The molecule has 12 aromatic rings. The van der Waals surface area contributed by atoms with E-state index < -0.39 is 0 Å². The molecule has 1 heterocycles. The molecule has 1 aromatic heterocycles. The standard InChI is InChI=1S/C69H50O/c1-68(2)61-38-51(48-23-19-42-11-5-7-13-46(42)35-48)25-30-55(61)57-32-27-53(40-63(57)68)67(45-21-17-44(18-22-45)50-29-34-66-60(37-50)59-15-9-10-16-65(59)70-66)54-28-33-58-56-31-26-52(39-62(56)69(3,4)64(58)41-54)49-24-20-43-12-6-8-14-47(43)36-49/h5-41,67H,1-4H3. The van der Waals surface area contributed by atoms with E-state index in [2.05, 4.69) is 240 Å². The largest absolute Gasteiger partial charge is 0.456 e. The molecule has 0 spiro atoms. The minimum absolute atomic E-state index is 0.00490. The number of rotatable bonds is 6. The van der Waals surface area contributed by atoms with Crippen molar-refractivity contribution in [3.8, 4) is 55.6 Å². The van der Waals surface area contributed by atoms with Gasteiger partial charge in [-0.3, -0.25) is 0 Å². The monoisotopic (exact) mass is 894 g/mol. The third kappa shape index (κ3) is 6.24. The van der Waals surface area contributed by atoms with Crippen molar-refractivity contribution in [1.82, 2.24) is 0 Å². The van der Waals surface area contributed by atoms with Crippen molar-refractivity contribution in [2.75, 3.05) is 0 Å². The Morgan fingerprint density at radius 2 is 0.671 bits per heavy atom. The molecule has 0 fully saturated rings. The van der Waals surface area contributed by atoms with Crippen LogP contribution in [0.15, 0.2) is 229 Å².